The number of rotatable bonds is 4. The zero-order chi connectivity index (χ0) is 26.6. The summed E-state index contributed by atoms with van der Waals surface area (Å²) < 4.78 is 38.8. The molecule has 1 fully saturated rings. The topological polar surface area (TPSA) is 49.3 Å². The molecule has 192 valence electrons. The third kappa shape index (κ3) is 5.86. The molecule has 0 unspecified atom stereocenters. The third-order valence-corrected chi connectivity index (χ3v) is 6.78. The van der Waals surface area contributed by atoms with E-state index in [4.69, 9.17) is 0 Å². The Hall–Kier alpha value is -3.64. The van der Waals surface area contributed by atoms with Gasteiger partial charge in [0.25, 0.3) is 0 Å². The first-order chi connectivity index (χ1) is 17.8. The number of carboxylic acids is 1. The van der Waals surface area contributed by atoms with Gasteiger partial charge in [-0.1, -0.05) is 62.4 Å². The highest BCUT2D eigenvalue weighted by atomic mass is 19.4. The summed E-state index contributed by atoms with van der Waals surface area (Å²) in [5.74, 6) is -0.502. The van der Waals surface area contributed by atoms with E-state index in [0.717, 1.165) is 65.5 Å². The molecule has 0 amide bonds. The number of hydrogen-bond acceptors (Lipinski definition) is 2. The number of aromatic carboxylic acids is 1. The van der Waals surface area contributed by atoms with Gasteiger partial charge < -0.3 is 10.4 Å². The molecule has 0 aliphatic carbocycles. The Morgan fingerprint density at radius 3 is 2.00 bits per heavy atom. The largest absolute Gasteiger partial charge is 0.478 e. The quantitative estimate of drug-likeness (QED) is 0.293. The zero-order valence-electron chi connectivity index (χ0n) is 20.9. The first-order valence-electron chi connectivity index (χ1n) is 12.6. The van der Waals surface area contributed by atoms with Crippen molar-refractivity contribution in [3.05, 3.63) is 95.6 Å². The minimum absolute atomic E-state index is 0.166. The molecule has 6 heteroatoms. The summed E-state index contributed by atoms with van der Waals surface area (Å²) in [4.78, 5) is 11.9. The van der Waals surface area contributed by atoms with Crippen LogP contribution in [-0.4, -0.2) is 24.2 Å². The average molecular weight is 506 g/mol. The van der Waals surface area contributed by atoms with E-state index in [0.29, 0.717) is 11.5 Å². The summed E-state index contributed by atoms with van der Waals surface area (Å²) in [7, 11) is 0. The van der Waals surface area contributed by atoms with Crippen molar-refractivity contribution < 1.29 is 23.1 Å². The monoisotopic (exact) mass is 505 g/mol. The van der Waals surface area contributed by atoms with Crippen LogP contribution in [-0.2, 0) is 6.18 Å². The van der Waals surface area contributed by atoms with E-state index in [1.54, 1.807) is 12.1 Å². The van der Waals surface area contributed by atoms with Crippen LogP contribution in [0.5, 0.6) is 0 Å². The van der Waals surface area contributed by atoms with Crippen molar-refractivity contribution in [2.24, 2.45) is 0 Å². The van der Waals surface area contributed by atoms with Gasteiger partial charge in [0.05, 0.1) is 11.1 Å². The summed E-state index contributed by atoms with van der Waals surface area (Å²) in [6.07, 6.45) is -2.19. The molecule has 5 rings (SSSR count). The minimum Gasteiger partial charge on any atom is -0.478 e. The Balaban J connectivity index is 0.00000156. The lowest BCUT2D eigenvalue weighted by Gasteiger charge is -2.23. The van der Waals surface area contributed by atoms with Gasteiger partial charge in [-0.2, -0.15) is 13.2 Å². The van der Waals surface area contributed by atoms with Crippen molar-refractivity contribution in [2.75, 3.05) is 13.1 Å². The van der Waals surface area contributed by atoms with Gasteiger partial charge in [-0.25, -0.2) is 4.79 Å². The maximum atomic E-state index is 12.9. The second-order valence-corrected chi connectivity index (χ2v) is 8.99. The highest BCUT2D eigenvalue weighted by Crippen LogP contribution is 2.36. The molecule has 0 saturated carbocycles. The van der Waals surface area contributed by atoms with Crippen LogP contribution >= 0.6 is 0 Å². The average Bonchev–Trinajstić information content (AvgIpc) is 2.93. The van der Waals surface area contributed by atoms with Crippen LogP contribution in [0.2, 0.25) is 0 Å². The number of carboxylic acid groups (broad SMARTS) is 1. The van der Waals surface area contributed by atoms with Crippen LogP contribution in [0.3, 0.4) is 0 Å². The van der Waals surface area contributed by atoms with Gasteiger partial charge in [0.1, 0.15) is 0 Å². The van der Waals surface area contributed by atoms with E-state index in [1.165, 1.54) is 17.7 Å². The van der Waals surface area contributed by atoms with Crippen LogP contribution in [0.1, 0.15) is 54.1 Å². The Bertz CT molecular complexity index is 1370. The Labute approximate surface area is 215 Å². The molecule has 1 aliphatic heterocycles. The summed E-state index contributed by atoms with van der Waals surface area (Å²) in [5, 5.41) is 14.7. The van der Waals surface area contributed by atoms with E-state index >= 15 is 0 Å². The highest BCUT2D eigenvalue weighted by Gasteiger charge is 2.30. The maximum absolute atomic E-state index is 12.9. The summed E-state index contributed by atoms with van der Waals surface area (Å²) in [5.41, 5.74) is 3.85. The first kappa shape index (κ1) is 26.4. The summed E-state index contributed by atoms with van der Waals surface area (Å²) >= 11 is 0. The molecule has 0 aromatic heterocycles. The normalized spacial score (nSPS) is 14.2. The minimum atomic E-state index is -4.39. The zero-order valence-corrected chi connectivity index (χ0v) is 20.9. The smallest absolute Gasteiger partial charge is 0.416 e. The van der Waals surface area contributed by atoms with Crippen molar-refractivity contribution in [1.82, 2.24) is 5.32 Å². The van der Waals surface area contributed by atoms with Crippen molar-refractivity contribution in [2.45, 2.75) is 38.8 Å². The lowest BCUT2D eigenvalue weighted by Crippen LogP contribution is -2.26. The fourth-order valence-corrected chi connectivity index (χ4v) is 4.85. The number of piperidine rings is 1. The van der Waals surface area contributed by atoms with Crippen molar-refractivity contribution in [3.8, 4) is 22.3 Å². The van der Waals surface area contributed by atoms with Crippen molar-refractivity contribution in [1.29, 1.82) is 0 Å². The fraction of sp³-hybridized carbons (Fsp3) is 0.258. The fourth-order valence-electron chi connectivity index (χ4n) is 4.85. The SMILES string of the molecule is CC.O=C(O)c1cc(-c2ccc(C3CCNCC3)cc2)c2ccc(-c3ccc(C(F)(F)F)cc3)cc2c1. The van der Waals surface area contributed by atoms with Gasteiger partial charge in [0.15, 0.2) is 0 Å². The molecule has 2 N–H and O–H groups in total. The van der Waals surface area contributed by atoms with Crippen LogP contribution in [0.25, 0.3) is 33.0 Å². The van der Waals surface area contributed by atoms with Crippen LogP contribution in [0.15, 0.2) is 78.9 Å². The van der Waals surface area contributed by atoms with Crippen molar-refractivity contribution >= 4 is 16.7 Å². The van der Waals surface area contributed by atoms with E-state index in [-0.39, 0.29) is 5.56 Å². The predicted molar refractivity (Wildman–Crippen MR) is 143 cm³/mol. The summed E-state index contributed by atoms with van der Waals surface area (Å²) in [6.45, 7) is 6.03. The van der Waals surface area contributed by atoms with Crippen LogP contribution in [0, 0.1) is 0 Å². The van der Waals surface area contributed by atoms with Crippen LogP contribution in [0.4, 0.5) is 13.2 Å². The molecule has 3 nitrogen and oxygen atoms in total. The number of benzene rings is 4. The predicted octanol–water partition coefficient (Wildman–Crippen LogP) is 8.38. The number of halogens is 3. The number of fused-ring (bicyclic) bond motifs is 1. The van der Waals surface area contributed by atoms with Crippen LogP contribution < -0.4 is 5.32 Å². The van der Waals surface area contributed by atoms with E-state index < -0.39 is 17.7 Å². The van der Waals surface area contributed by atoms with Gasteiger partial charge in [0, 0.05) is 0 Å². The Morgan fingerprint density at radius 2 is 1.41 bits per heavy atom. The van der Waals surface area contributed by atoms with Gasteiger partial charge in [-0.05, 0) is 101 Å². The van der Waals surface area contributed by atoms with Gasteiger partial charge >= 0.3 is 12.1 Å². The number of hydrogen-bond donors (Lipinski definition) is 2. The van der Waals surface area contributed by atoms with Crippen molar-refractivity contribution in [3.63, 3.8) is 0 Å². The van der Waals surface area contributed by atoms with Gasteiger partial charge in [0.2, 0.25) is 0 Å². The molecule has 0 bridgehead atoms. The lowest BCUT2D eigenvalue weighted by atomic mass is 9.88. The molecule has 1 saturated heterocycles. The molecule has 37 heavy (non-hydrogen) atoms. The van der Waals surface area contributed by atoms with E-state index in [2.05, 4.69) is 17.4 Å². The first-order valence-corrected chi connectivity index (χ1v) is 12.6. The molecule has 1 heterocycles. The van der Waals surface area contributed by atoms with E-state index in [1.807, 2.05) is 44.2 Å². The highest BCUT2D eigenvalue weighted by molar-refractivity contribution is 6.04. The molecule has 0 radical (unpaired) electrons. The molecule has 0 atom stereocenters. The summed E-state index contributed by atoms with van der Waals surface area (Å²) in [6, 6.07) is 22.2. The number of carbonyl (C=O) groups is 1. The third-order valence-electron chi connectivity index (χ3n) is 6.78. The Kier molecular flexibility index (Phi) is 7.98. The number of nitrogens with one attached hydrogen (secondary N) is 1. The molecular weight excluding hydrogens is 475 g/mol. The number of alkyl halides is 3. The second kappa shape index (κ2) is 11.2. The molecule has 0 spiro atoms. The molecule has 1 aliphatic rings. The lowest BCUT2D eigenvalue weighted by molar-refractivity contribution is -0.137. The molecule has 4 aromatic carbocycles. The van der Waals surface area contributed by atoms with Gasteiger partial charge in [-0.3, -0.25) is 0 Å². The maximum Gasteiger partial charge on any atom is 0.416 e. The standard InChI is InChI=1S/C29H24F3NO2.C2H6/c30-29(31,32)25-8-5-19(6-9-25)22-7-10-26-23(15-22)16-24(28(34)35)17-27(26)21-3-1-18(2-4-21)20-11-13-33-14-12-20;1-2/h1-10,15-17,20,33H,11-14H2,(H,34,35);1-2H3. The second-order valence-electron chi connectivity index (χ2n) is 8.99. The Morgan fingerprint density at radius 1 is 0.811 bits per heavy atom. The van der Waals surface area contributed by atoms with E-state index in [9.17, 15) is 23.1 Å². The van der Waals surface area contributed by atoms with Gasteiger partial charge in [-0.15, -0.1) is 0 Å². The molecular formula is C31H30F3NO2. The molecule has 4 aromatic rings.